The zero-order chi connectivity index (χ0) is 12.8. The first kappa shape index (κ1) is 13.4. The number of carbonyl (C=O) groups excluding carboxylic acids is 1. The summed E-state index contributed by atoms with van der Waals surface area (Å²) in [5.74, 6) is 0.164. The van der Waals surface area contributed by atoms with E-state index in [1.807, 2.05) is 14.1 Å². The summed E-state index contributed by atoms with van der Waals surface area (Å²) in [5.41, 5.74) is 0.207. The predicted molar refractivity (Wildman–Crippen MR) is 65.0 cm³/mol. The molecule has 1 aromatic heterocycles. The summed E-state index contributed by atoms with van der Waals surface area (Å²) in [6, 6.07) is 0.253. The highest BCUT2D eigenvalue weighted by Crippen LogP contribution is 2.04. The van der Waals surface area contributed by atoms with E-state index in [0.29, 0.717) is 5.82 Å². The van der Waals surface area contributed by atoms with Gasteiger partial charge in [-0.3, -0.25) is 0 Å². The molecule has 0 saturated carbocycles. The number of ether oxygens (including phenoxy) is 1. The van der Waals surface area contributed by atoms with Crippen LogP contribution >= 0.6 is 0 Å². The van der Waals surface area contributed by atoms with Crippen LogP contribution in [0.15, 0.2) is 12.4 Å². The van der Waals surface area contributed by atoms with E-state index in [-0.39, 0.29) is 11.7 Å². The molecule has 0 fully saturated rings. The first-order chi connectivity index (χ1) is 8.02. The lowest BCUT2D eigenvalue weighted by Gasteiger charge is -2.18. The smallest absolute Gasteiger partial charge is 0.358 e. The van der Waals surface area contributed by atoms with Crippen LogP contribution in [0.25, 0.3) is 0 Å². The minimum absolute atomic E-state index is 0.207. The van der Waals surface area contributed by atoms with E-state index in [9.17, 15) is 4.79 Å². The van der Waals surface area contributed by atoms with Crippen molar-refractivity contribution >= 4 is 11.8 Å². The minimum Gasteiger partial charge on any atom is -0.464 e. The van der Waals surface area contributed by atoms with Crippen molar-refractivity contribution in [2.75, 3.05) is 33.1 Å². The Morgan fingerprint density at radius 2 is 2.18 bits per heavy atom. The molecule has 0 aromatic carbocycles. The molecule has 0 spiro atoms. The summed E-state index contributed by atoms with van der Waals surface area (Å²) in [7, 11) is 5.32. The molecule has 1 unspecified atom stereocenters. The van der Waals surface area contributed by atoms with Gasteiger partial charge in [0.15, 0.2) is 5.69 Å². The van der Waals surface area contributed by atoms with Crippen LogP contribution in [0.4, 0.5) is 5.82 Å². The maximum Gasteiger partial charge on any atom is 0.358 e. The number of hydrogen-bond donors (Lipinski definition) is 1. The molecule has 6 heteroatoms. The maximum absolute atomic E-state index is 11.1. The Kier molecular flexibility index (Phi) is 4.84. The normalized spacial score (nSPS) is 12.3. The van der Waals surface area contributed by atoms with Crippen LogP contribution in [0.5, 0.6) is 0 Å². The molecule has 1 atom stereocenters. The molecule has 0 saturated heterocycles. The first-order valence-electron chi connectivity index (χ1n) is 5.34. The number of aromatic nitrogens is 2. The molecule has 17 heavy (non-hydrogen) atoms. The Bertz CT molecular complexity index is 364. The molecule has 94 valence electrons. The summed E-state index contributed by atoms with van der Waals surface area (Å²) in [6.45, 7) is 2.94. The molecule has 0 amide bonds. The lowest BCUT2D eigenvalue weighted by molar-refractivity contribution is 0.0593. The highest BCUT2D eigenvalue weighted by molar-refractivity contribution is 5.86. The molecule has 0 aliphatic rings. The summed E-state index contributed by atoms with van der Waals surface area (Å²) >= 11 is 0. The van der Waals surface area contributed by atoms with Crippen molar-refractivity contribution in [3.63, 3.8) is 0 Å². The minimum atomic E-state index is -0.481. The fraction of sp³-hybridized carbons (Fsp3) is 0.545. The van der Waals surface area contributed by atoms with Crippen molar-refractivity contribution in [2.24, 2.45) is 0 Å². The van der Waals surface area contributed by atoms with E-state index in [1.165, 1.54) is 19.5 Å². The molecule has 0 radical (unpaired) electrons. The van der Waals surface area contributed by atoms with Crippen LogP contribution in [0.3, 0.4) is 0 Å². The average molecular weight is 238 g/mol. The van der Waals surface area contributed by atoms with Gasteiger partial charge < -0.3 is 15.0 Å². The fourth-order valence-electron chi connectivity index (χ4n) is 1.46. The van der Waals surface area contributed by atoms with E-state index in [0.717, 1.165) is 6.54 Å². The summed E-state index contributed by atoms with van der Waals surface area (Å²) in [4.78, 5) is 21.3. The van der Waals surface area contributed by atoms with Gasteiger partial charge in [-0.2, -0.15) is 0 Å². The van der Waals surface area contributed by atoms with Gasteiger partial charge in [0.25, 0.3) is 0 Å². The predicted octanol–water partition coefficient (Wildman–Crippen LogP) is 0.625. The number of likely N-dealkylation sites (N-methyl/N-ethyl adjacent to an activating group) is 1. The zero-order valence-corrected chi connectivity index (χ0v) is 10.6. The van der Waals surface area contributed by atoms with Gasteiger partial charge in [0.2, 0.25) is 0 Å². The molecule has 1 heterocycles. The molecule has 6 nitrogen and oxygen atoms in total. The number of methoxy groups -OCH3 is 1. The number of anilines is 1. The Morgan fingerprint density at radius 1 is 1.47 bits per heavy atom. The topological polar surface area (TPSA) is 67.3 Å². The lowest BCUT2D eigenvalue weighted by atomic mass is 10.3. The number of hydrogen-bond acceptors (Lipinski definition) is 6. The van der Waals surface area contributed by atoms with Crippen LogP contribution in [0, 0.1) is 0 Å². The number of rotatable bonds is 5. The molecule has 0 aliphatic heterocycles. The zero-order valence-electron chi connectivity index (χ0n) is 10.6. The van der Waals surface area contributed by atoms with Crippen LogP contribution in [0.1, 0.15) is 17.4 Å². The monoisotopic (exact) mass is 238 g/mol. The highest BCUT2D eigenvalue weighted by atomic mass is 16.5. The van der Waals surface area contributed by atoms with Crippen LogP contribution in [-0.4, -0.2) is 54.6 Å². The van der Waals surface area contributed by atoms with Crippen molar-refractivity contribution in [1.82, 2.24) is 14.9 Å². The maximum atomic E-state index is 11.1. The van der Waals surface area contributed by atoms with Gasteiger partial charge in [0.1, 0.15) is 5.82 Å². The number of carbonyl (C=O) groups is 1. The van der Waals surface area contributed by atoms with Gasteiger partial charge in [-0.1, -0.05) is 0 Å². The lowest BCUT2D eigenvalue weighted by Crippen LogP contribution is -2.30. The van der Waals surface area contributed by atoms with Gasteiger partial charge in [-0.25, -0.2) is 14.8 Å². The summed E-state index contributed by atoms with van der Waals surface area (Å²) < 4.78 is 4.54. The van der Waals surface area contributed by atoms with Gasteiger partial charge in [0, 0.05) is 12.6 Å². The molecule has 1 N–H and O–H groups in total. The van der Waals surface area contributed by atoms with E-state index >= 15 is 0 Å². The Hall–Kier alpha value is -1.69. The van der Waals surface area contributed by atoms with Gasteiger partial charge >= 0.3 is 5.97 Å². The van der Waals surface area contributed by atoms with E-state index < -0.39 is 5.97 Å². The Labute approximate surface area is 101 Å². The van der Waals surface area contributed by atoms with E-state index in [2.05, 4.69) is 31.8 Å². The molecular formula is C11H18N4O2. The van der Waals surface area contributed by atoms with Crippen molar-refractivity contribution in [2.45, 2.75) is 13.0 Å². The van der Waals surface area contributed by atoms with Crippen molar-refractivity contribution in [3.05, 3.63) is 18.1 Å². The number of nitrogens with zero attached hydrogens (tertiary/aromatic N) is 3. The van der Waals surface area contributed by atoms with Crippen LogP contribution in [-0.2, 0) is 4.74 Å². The SMILES string of the molecule is COC(=O)c1cnc(NC(C)CN(C)C)cn1. The van der Waals surface area contributed by atoms with Gasteiger partial charge in [-0.05, 0) is 21.0 Å². The highest BCUT2D eigenvalue weighted by Gasteiger charge is 2.08. The molecule has 0 aliphatic carbocycles. The second-order valence-electron chi connectivity index (χ2n) is 4.09. The third kappa shape index (κ3) is 4.36. The third-order valence-corrected chi connectivity index (χ3v) is 2.08. The molecule has 1 rings (SSSR count). The summed E-state index contributed by atoms with van der Waals surface area (Å²) in [6.07, 6.45) is 2.93. The first-order valence-corrected chi connectivity index (χ1v) is 5.34. The van der Waals surface area contributed by atoms with Crippen LogP contribution in [0.2, 0.25) is 0 Å². The molecule has 1 aromatic rings. The summed E-state index contributed by atoms with van der Waals surface area (Å²) in [5, 5.41) is 3.19. The van der Waals surface area contributed by atoms with E-state index in [4.69, 9.17) is 0 Å². The second kappa shape index (κ2) is 6.15. The quantitative estimate of drug-likeness (QED) is 0.759. The number of esters is 1. The average Bonchev–Trinajstić information content (AvgIpc) is 2.28. The Morgan fingerprint density at radius 3 is 2.65 bits per heavy atom. The third-order valence-electron chi connectivity index (χ3n) is 2.08. The van der Waals surface area contributed by atoms with Crippen molar-refractivity contribution in [3.8, 4) is 0 Å². The Balaban J connectivity index is 2.59. The second-order valence-corrected chi connectivity index (χ2v) is 4.09. The standard InChI is InChI=1S/C11H18N4O2/c1-8(7-15(2)3)14-10-6-12-9(5-13-10)11(16)17-4/h5-6,8H,7H2,1-4H3,(H,13,14). The van der Waals surface area contributed by atoms with Gasteiger partial charge in [-0.15, -0.1) is 0 Å². The van der Waals surface area contributed by atoms with Crippen molar-refractivity contribution in [1.29, 1.82) is 0 Å². The fourth-order valence-corrected chi connectivity index (χ4v) is 1.46. The molecule has 0 bridgehead atoms. The van der Waals surface area contributed by atoms with Crippen molar-refractivity contribution < 1.29 is 9.53 Å². The largest absolute Gasteiger partial charge is 0.464 e. The van der Waals surface area contributed by atoms with Gasteiger partial charge in [0.05, 0.1) is 19.5 Å². The number of nitrogens with one attached hydrogen (secondary N) is 1. The van der Waals surface area contributed by atoms with Crippen LogP contribution < -0.4 is 5.32 Å². The molecular weight excluding hydrogens is 220 g/mol. The van der Waals surface area contributed by atoms with E-state index in [1.54, 1.807) is 0 Å².